The van der Waals surface area contributed by atoms with Crippen LogP contribution < -0.4 is 5.32 Å². The molecule has 0 heterocycles. The standard InChI is InChI=1S/C56H103NO5/c1-3-5-7-9-11-13-15-17-21-25-28-32-36-40-44-48-54(59)53(52-58)57-55(60)49-45-41-37-33-29-26-22-19-18-20-23-27-31-35-39-43-47-51-62-56(61)50-46-42-38-34-30-24-16-14-12-10-8-6-4-2/h14,16,18,20,27,31,44,48,53-54,58-59H,3-13,15,17,19,21-26,28-30,32-43,45-47,49-52H2,1-2H3,(H,57,60)/b16-14-,20-18-,31-27-,48-44+. The highest BCUT2D eigenvalue weighted by molar-refractivity contribution is 5.76. The van der Waals surface area contributed by atoms with E-state index in [1.54, 1.807) is 6.08 Å². The van der Waals surface area contributed by atoms with E-state index in [2.05, 4.69) is 55.6 Å². The molecule has 0 aliphatic heterocycles. The van der Waals surface area contributed by atoms with Crippen LogP contribution in [0.4, 0.5) is 0 Å². The number of unbranched alkanes of at least 4 members (excludes halogenated alkanes) is 32. The molecule has 0 bridgehead atoms. The van der Waals surface area contributed by atoms with E-state index in [-0.39, 0.29) is 18.5 Å². The second kappa shape index (κ2) is 51.5. The molecule has 6 nitrogen and oxygen atoms in total. The summed E-state index contributed by atoms with van der Waals surface area (Å²) in [6.45, 7) is 4.83. The lowest BCUT2D eigenvalue weighted by molar-refractivity contribution is -0.143. The van der Waals surface area contributed by atoms with Gasteiger partial charge in [0.15, 0.2) is 0 Å². The van der Waals surface area contributed by atoms with E-state index in [4.69, 9.17) is 4.74 Å². The molecular weight excluding hydrogens is 767 g/mol. The van der Waals surface area contributed by atoms with Crippen LogP contribution in [0.3, 0.4) is 0 Å². The molecule has 0 spiro atoms. The van der Waals surface area contributed by atoms with E-state index in [1.165, 1.54) is 161 Å². The Labute approximate surface area is 385 Å². The van der Waals surface area contributed by atoms with Gasteiger partial charge >= 0.3 is 5.97 Å². The zero-order valence-corrected chi connectivity index (χ0v) is 41.1. The van der Waals surface area contributed by atoms with Gasteiger partial charge in [0.2, 0.25) is 5.91 Å². The summed E-state index contributed by atoms with van der Waals surface area (Å²) in [5.41, 5.74) is 0. The molecule has 6 heteroatoms. The molecule has 0 saturated heterocycles. The van der Waals surface area contributed by atoms with Crippen LogP contribution in [0.5, 0.6) is 0 Å². The molecule has 0 saturated carbocycles. The van der Waals surface area contributed by atoms with Crippen LogP contribution in [0.2, 0.25) is 0 Å². The van der Waals surface area contributed by atoms with Crippen molar-refractivity contribution in [2.24, 2.45) is 0 Å². The van der Waals surface area contributed by atoms with Gasteiger partial charge in [-0.05, 0) is 96.3 Å². The smallest absolute Gasteiger partial charge is 0.305 e. The van der Waals surface area contributed by atoms with E-state index in [0.717, 1.165) is 83.5 Å². The Morgan fingerprint density at radius 1 is 0.452 bits per heavy atom. The summed E-state index contributed by atoms with van der Waals surface area (Å²) in [6.07, 6.45) is 64.0. The Hall–Kier alpha value is -2.18. The lowest BCUT2D eigenvalue weighted by atomic mass is 10.0. The third-order valence-corrected chi connectivity index (χ3v) is 12.1. The number of carbonyl (C=O) groups is 2. The van der Waals surface area contributed by atoms with Gasteiger partial charge in [-0.15, -0.1) is 0 Å². The van der Waals surface area contributed by atoms with Crippen molar-refractivity contribution in [1.29, 1.82) is 0 Å². The fourth-order valence-corrected chi connectivity index (χ4v) is 7.89. The predicted molar refractivity (Wildman–Crippen MR) is 269 cm³/mol. The number of hydrogen-bond donors (Lipinski definition) is 3. The van der Waals surface area contributed by atoms with Gasteiger partial charge in [0.05, 0.1) is 25.4 Å². The predicted octanol–water partition coefficient (Wildman–Crippen LogP) is 16.2. The van der Waals surface area contributed by atoms with Crippen LogP contribution >= 0.6 is 0 Å². The quantitative estimate of drug-likeness (QED) is 0.0322. The summed E-state index contributed by atoms with van der Waals surface area (Å²) < 4.78 is 5.43. The van der Waals surface area contributed by atoms with Crippen LogP contribution in [-0.4, -0.2) is 47.4 Å². The Kier molecular flexibility index (Phi) is 49.6. The highest BCUT2D eigenvalue weighted by atomic mass is 16.5. The summed E-state index contributed by atoms with van der Waals surface area (Å²) in [7, 11) is 0. The van der Waals surface area contributed by atoms with Crippen LogP contribution in [0.15, 0.2) is 48.6 Å². The molecule has 0 rings (SSSR count). The molecule has 0 fully saturated rings. The Morgan fingerprint density at radius 3 is 1.26 bits per heavy atom. The van der Waals surface area contributed by atoms with Crippen LogP contribution in [-0.2, 0) is 14.3 Å². The minimum absolute atomic E-state index is 0.0264. The molecule has 1 amide bonds. The number of allylic oxidation sites excluding steroid dienone is 7. The van der Waals surface area contributed by atoms with E-state index in [9.17, 15) is 19.8 Å². The molecule has 2 atom stereocenters. The van der Waals surface area contributed by atoms with Gasteiger partial charge in [0.1, 0.15) is 0 Å². The van der Waals surface area contributed by atoms with Crippen molar-refractivity contribution in [2.75, 3.05) is 13.2 Å². The average molecular weight is 870 g/mol. The number of rotatable bonds is 49. The van der Waals surface area contributed by atoms with Gasteiger partial charge < -0.3 is 20.3 Å². The highest BCUT2D eigenvalue weighted by Crippen LogP contribution is 2.15. The number of hydrogen-bond acceptors (Lipinski definition) is 5. The lowest BCUT2D eigenvalue weighted by Crippen LogP contribution is -2.45. The first-order valence-corrected chi connectivity index (χ1v) is 26.9. The first-order chi connectivity index (χ1) is 30.5. The fourth-order valence-electron chi connectivity index (χ4n) is 7.89. The molecule has 0 radical (unpaired) electrons. The van der Waals surface area contributed by atoms with E-state index in [0.29, 0.717) is 19.4 Å². The number of aliphatic hydroxyl groups is 2. The zero-order chi connectivity index (χ0) is 45.1. The van der Waals surface area contributed by atoms with Gasteiger partial charge in [-0.25, -0.2) is 0 Å². The summed E-state index contributed by atoms with van der Waals surface area (Å²) in [5.74, 6) is -0.111. The maximum atomic E-state index is 12.4. The molecule has 2 unspecified atom stereocenters. The van der Waals surface area contributed by atoms with Crippen molar-refractivity contribution in [2.45, 2.75) is 283 Å². The SMILES string of the molecule is CCCCCC/C=C\CCCCCCCC(=O)OCCCCC/C=C\C/C=C\CCCCCCCCCC(=O)NC(CO)C(O)/C=C/CCCCCCCCCCCCCCC. The fraction of sp³-hybridized carbons (Fsp3) is 0.821. The van der Waals surface area contributed by atoms with Crippen molar-refractivity contribution in [3.8, 4) is 0 Å². The summed E-state index contributed by atoms with van der Waals surface area (Å²) in [6, 6.07) is -0.640. The molecule has 62 heavy (non-hydrogen) atoms. The zero-order valence-electron chi connectivity index (χ0n) is 41.1. The van der Waals surface area contributed by atoms with Crippen molar-refractivity contribution in [3.05, 3.63) is 48.6 Å². The molecule has 0 aromatic rings. The third kappa shape index (κ3) is 47.3. The monoisotopic (exact) mass is 870 g/mol. The topological polar surface area (TPSA) is 95.9 Å². The number of aliphatic hydroxyl groups excluding tert-OH is 2. The van der Waals surface area contributed by atoms with Gasteiger partial charge in [0.25, 0.3) is 0 Å². The third-order valence-electron chi connectivity index (χ3n) is 12.1. The number of esters is 1. The normalized spacial score (nSPS) is 13.0. The van der Waals surface area contributed by atoms with Gasteiger partial charge in [-0.3, -0.25) is 9.59 Å². The minimum atomic E-state index is -0.855. The second-order valence-electron chi connectivity index (χ2n) is 18.2. The van der Waals surface area contributed by atoms with Gasteiger partial charge in [-0.1, -0.05) is 210 Å². The highest BCUT2D eigenvalue weighted by Gasteiger charge is 2.18. The number of nitrogens with one attached hydrogen (secondary N) is 1. The Morgan fingerprint density at radius 2 is 0.806 bits per heavy atom. The average Bonchev–Trinajstić information content (AvgIpc) is 3.27. The molecule has 362 valence electrons. The van der Waals surface area contributed by atoms with Crippen molar-refractivity contribution in [1.82, 2.24) is 5.32 Å². The first kappa shape index (κ1) is 59.8. The molecule has 0 aromatic heterocycles. The number of amides is 1. The largest absolute Gasteiger partial charge is 0.466 e. The number of ether oxygens (including phenoxy) is 1. The minimum Gasteiger partial charge on any atom is -0.466 e. The molecule has 0 aliphatic rings. The molecule has 0 aliphatic carbocycles. The van der Waals surface area contributed by atoms with E-state index < -0.39 is 12.1 Å². The van der Waals surface area contributed by atoms with Gasteiger partial charge in [-0.2, -0.15) is 0 Å². The Balaban J connectivity index is 3.55. The van der Waals surface area contributed by atoms with Crippen molar-refractivity contribution < 1.29 is 24.5 Å². The first-order valence-electron chi connectivity index (χ1n) is 26.9. The van der Waals surface area contributed by atoms with Crippen LogP contribution in [0.1, 0.15) is 271 Å². The Bertz CT molecular complexity index is 1050. The summed E-state index contributed by atoms with van der Waals surface area (Å²) >= 11 is 0. The van der Waals surface area contributed by atoms with Crippen LogP contribution in [0, 0.1) is 0 Å². The molecule has 3 N–H and O–H groups in total. The number of carbonyl (C=O) groups excluding carboxylic acids is 2. The maximum absolute atomic E-state index is 12.4. The van der Waals surface area contributed by atoms with Crippen molar-refractivity contribution >= 4 is 11.9 Å². The summed E-state index contributed by atoms with van der Waals surface area (Å²) in [4.78, 5) is 24.4. The second-order valence-corrected chi connectivity index (χ2v) is 18.2. The molecule has 0 aromatic carbocycles. The van der Waals surface area contributed by atoms with Gasteiger partial charge in [0, 0.05) is 12.8 Å². The van der Waals surface area contributed by atoms with Crippen LogP contribution in [0.25, 0.3) is 0 Å². The van der Waals surface area contributed by atoms with E-state index >= 15 is 0 Å². The molecular formula is C56H103NO5. The lowest BCUT2D eigenvalue weighted by Gasteiger charge is -2.20. The van der Waals surface area contributed by atoms with E-state index in [1.807, 2.05) is 6.08 Å². The van der Waals surface area contributed by atoms with Crippen molar-refractivity contribution in [3.63, 3.8) is 0 Å². The summed E-state index contributed by atoms with van der Waals surface area (Å²) in [5, 5.41) is 23.1. The maximum Gasteiger partial charge on any atom is 0.305 e.